The molecule has 1 aromatic heterocycles. The lowest BCUT2D eigenvalue weighted by molar-refractivity contribution is -0.160. The molecule has 0 spiro atoms. The third kappa shape index (κ3) is 3.70. The Hall–Kier alpha value is -2.92. The molecule has 4 rings (SSSR count). The molecule has 1 N–H and O–H groups in total. The van der Waals surface area contributed by atoms with E-state index in [1.807, 2.05) is 64.1 Å². The van der Waals surface area contributed by atoms with Crippen molar-refractivity contribution < 1.29 is 19.4 Å². The quantitative estimate of drug-likeness (QED) is 0.671. The van der Waals surface area contributed by atoms with Gasteiger partial charge in [-0.2, -0.15) is 0 Å². The molecule has 3 aromatic rings. The summed E-state index contributed by atoms with van der Waals surface area (Å²) in [5, 5.41) is 11.0. The number of ether oxygens (including phenoxy) is 2. The monoisotopic (exact) mass is 391 g/mol. The number of benzene rings is 2. The van der Waals surface area contributed by atoms with Gasteiger partial charge in [-0.05, 0) is 62.6 Å². The maximum atomic E-state index is 12.3. The van der Waals surface area contributed by atoms with Gasteiger partial charge in [0.15, 0.2) is 6.10 Å². The number of nitrogens with zero attached hydrogens (tertiary/aromatic N) is 1. The highest BCUT2D eigenvalue weighted by Gasteiger charge is 2.32. The van der Waals surface area contributed by atoms with Crippen molar-refractivity contribution >= 4 is 16.9 Å². The maximum absolute atomic E-state index is 12.3. The molecule has 5 nitrogen and oxygen atoms in total. The van der Waals surface area contributed by atoms with E-state index in [2.05, 4.69) is 6.07 Å². The maximum Gasteiger partial charge on any atom is 0.337 e. The highest BCUT2D eigenvalue weighted by atomic mass is 16.5. The lowest BCUT2D eigenvalue weighted by Gasteiger charge is -2.28. The van der Waals surface area contributed by atoms with Gasteiger partial charge in [-0.25, -0.2) is 4.79 Å². The second-order valence-corrected chi connectivity index (χ2v) is 8.37. The van der Waals surface area contributed by atoms with Crippen LogP contribution in [0.4, 0.5) is 0 Å². The first-order chi connectivity index (χ1) is 13.7. The molecule has 0 unspecified atom stereocenters. The fourth-order valence-electron chi connectivity index (χ4n) is 3.91. The summed E-state index contributed by atoms with van der Waals surface area (Å²) in [6.45, 7) is 8.10. The van der Waals surface area contributed by atoms with Gasteiger partial charge in [0.05, 0.1) is 17.7 Å². The fraction of sp³-hybridized carbons (Fsp3) is 0.333. The first kappa shape index (κ1) is 19.4. The lowest BCUT2D eigenvalue weighted by Crippen LogP contribution is -2.28. The summed E-state index contributed by atoms with van der Waals surface area (Å²) in [4.78, 5) is 17.0. The number of pyridine rings is 1. The predicted octanol–water partition coefficient (Wildman–Crippen LogP) is 5.09. The molecule has 1 aliphatic heterocycles. The molecule has 2 aromatic carbocycles. The van der Waals surface area contributed by atoms with E-state index in [9.17, 15) is 9.90 Å². The van der Waals surface area contributed by atoms with Crippen LogP contribution in [0.2, 0.25) is 0 Å². The molecule has 1 atom stereocenters. The standard InChI is InChI=1S/C24H25NO4/c1-14-20(22(23(26)27)29-24(2,3)4)21(17-7-5-6-8-18(17)25-14)16-9-10-19-15(13-16)11-12-28-19/h5-10,13,22H,11-12H2,1-4H3,(H,26,27)/t22-/m0/s1. The van der Waals surface area contributed by atoms with Crippen molar-refractivity contribution in [1.82, 2.24) is 4.98 Å². The number of carboxylic acid groups (broad SMARTS) is 1. The second-order valence-electron chi connectivity index (χ2n) is 8.37. The average Bonchev–Trinajstić information content (AvgIpc) is 3.12. The molecule has 0 radical (unpaired) electrons. The summed E-state index contributed by atoms with van der Waals surface area (Å²) in [6.07, 6.45) is -0.270. The summed E-state index contributed by atoms with van der Waals surface area (Å²) >= 11 is 0. The number of carbonyl (C=O) groups is 1. The number of aryl methyl sites for hydroxylation is 1. The van der Waals surface area contributed by atoms with Gasteiger partial charge in [-0.15, -0.1) is 0 Å². The fourth-order valence-corrected chi connectivity index (χ4v) is 3.91. The summed E-state index contributed by atoms with van der Waals surface area (Å²) < 4.78 is 11.7. The van der Waals surface area contributed by atoms with Crippen LogP contribution < -0.4 is 4.74 Å². The third-order valence-corrected chi connectivity index (χ3v) is 5.06. The number of hydrogen-bond donors (Lipinski definition) is 1. The van der Waals surface area contributed by atoms with E-state index < -0.39 is 17.7 Å². The Morgan fingerprint density at radius 2 is 1.97 bits per heavy atom. The van der Waals surface area contributed by atoms with Crippen molar-refractivity contribution in [2.24, 2.45) is 0 Å². The van der Waals surface area contributed by atoms with Crippen LogP contribution in [0.5, 0.6) is 5.75 Å². The largest absolute Gasteiger partial charge is 0.493 e. The molecule has 0 saturated heterocycles. The Morgan fingerprint density at radius 1 is 1.21 bits per heavy atom. The molecular formula is C24H25NO4. The lowest BCUT2D eigenvalue weighted by atomic mass is 9.90. The van der Waals surface area contributed by atoms with Crippen molar-refractivity contribution in [3.05, 3.63) is 59.3 Å². The zero-order chi connectivity index (χ0) is 20.8. The predicted molar refractivity (Wildman–Crippen MR) is 112 cm³/mol. The Bertz CT molecular complexity index is 1100. The van der Waals surface area contributed by atoms with Crippen LogP contribution in [0.1, 0.15) is 43.7 Å². The van der Waals surface area contributed by atoms with Crippen LogP contribution in [0.25, 0.3) is 22.0 Å². The van der Waals surface area contributed by atoms with Crippen molar-refractivity contribution in [2.45, 2.75) is 45.8 Å². The molecule has 0 bridgehead atoms. The van der Waals surface area contributed by atoms with Crippen LogP contribution in [0.15, 0.2) is 42.5 Å². The number of para-hydroxylation sites is 1. The zero-order valence-corrected chi connectivity index (χ0v) is 17.2. The number of aromatic nitrogens is 1. The number of aliphatic carboxylic acids is 1. The van der Waals surface area contributed by atoms with Gasteiger partial charge in [0.2, 0.25) is 0 Å². The molecule has 0 amide bonds. The minimum atomic E-state index is -1.12. The SMILES string of the molecule is Cc1nc2ccccc2c(-c2ccc3c(c2)CCO3)c1[C@H](OC(C)(C)C)C(=O)O. The number of hydrogen-bond acceptors (Lipinski definition) is 4. The molecule has 1 aliphatic rings. The van der Waals surface area contributed by atoms with Crippen LogP contribution in [0.3, 0.4) is 0 Å². The first-order valence-electron chi connectivity index (χ1n) is 9.80. The minimum absolute atomic E-state index is 0.602. The second kappa shape index (κ2) is 7.16. The molecule has 150 valence electrons. The van der Waals surface area contributed by atoms with E-state index in [4.69, 9.17) is 14.5 Å². The average molecular weight is 391 g/mol. The van der Waals surface area contributed by atoms with E-state index >= 15 is 0 Å². The van der Waals surface area contributed by atoms with Crippen LogP contribution in [-0.4, -0.2) is 28.3 Å². The van der Waals surface area contributed by atoms with Gasteiger partial charge in [0, 0.05) is 23.1 Å². The molecule has 2 heterocycles. The van der Waals surface area contributed by atoms with Gasteiger partial charge in [0.1, 0.15) is 5.75 Å². The summed E-state index contributed by atoms with van der Waals surface area (Å²) in [6, 6.07) is 13.9. The zero-order valence-electron chi connectivity index (χ0n) is 17.2. The Labute approximate surface area is 170 Å². The highest BCUT2D eigenvalue weighted by Crippen LogP contribution is 2.41. The smallest absolute Gasteiger partial charge is 0.337 e. The Balaban J connectivity index is 2.02. The van der Waals surface area contributed by atoms with Crippen LogP contribution in [-0.2, 0) is 16.0 Å². The molecule has 0 fully saturated rings. The third-order valence-electron chi connectivity index (χ3n) is 5.06. The molecule has 0 saturated carbocycles. The summed E-state index contributed by atoms with van der Waals surface area (Å²) in [5.41, 5.74) is 4.42. The summed E-state index contributed by atoms with van der Waals surface area (Å²) in [5.74, 6) is -0.128. The van der Waals surface area contributed by atoms with E-state index in [0.717, 1.165) is 39.8 Å². The molecule has 29 heavy (non-hydrogen) atoms. The Kier molecular flexibility index (Phi) is 4.79. The first-order valence-corrected chi connectivity index (χ1v) is 9.80. The van der Waals surface area contributed by atoms with Gasteiger partial charge >= 0.3 is 5.97 Å². The van der Waals surface area contributed by atoms with Gasteiger partial charge in [-0.3, -0.25) is 4.98 Å². The topological polar surface area (TPSA) is 68.7 Å². The van der Waals surface area contributed by atoms with Gasteiger partial charge in [-0.1, -0.05) is 24.3 Å². The highest BCUT2D eigenvalue weighted by molar-refractivity contribution is 5.98. The van der Waals surface area contributed by atoms with Crippen molar-refractivity contribution in [3.63, 3.8) is 0 Å². The van der Waals surface area contributed by atoms with E-state index in [0.29, 0.717) is 17.9 Å². The van der Waals surface area contributed by atoms with Crippen LogP contribution in [0, 0.1) is 6.92 Å². The van der Waals surface area contributed by atoms with Crippen molar-refractivity contribution in [1.29, 1.82) is 0 Å². The van der Waals surface area contributed by atoms with Crippen molar-refractivity contribution in [2.75, 3.05) is 6.61 Å². The molecular weight excluding hydrogens is 366 g/mol. The number of rotatable bonds is 4. The van der Waals surface area contributed by atoms with Crippen LogP contribution >= 0.6 is 0 Å². The molecule has 5 heteroatoms. The van der Waals surface area contributed by atoms with Crippen molar-refractivity contribution in [3.8, 4) is 16.9 Å². The Morgan fingerprint density at radius 3 is 2.69 bits per heavy atom. The summed E-state index contributed by atoms with van der Waals surface area (Å²) in [7, 11) is 0. The minimum Gasteiger partial charge on any atom is -0.493 e. The van der Waals surface area contributed by atoms with E-state index in [1.165, 1.54) is 0 Å². The number of fused-ring (bicyclic) bond motifs is 2. The number of carboxylic acids is 1. The van der Waals surface area contributed by atoms with E-state index in [1.54, 1.807) is 0 Å². The van der Waals surface area contributed by atoms with Gasteiger partial charge < -0.3 is 14.6 Å². The van der Waals surface area contributed by atoms with Gasteiger partial charge in [0.25, 0.3) is 0 Å². The molecule has 0 aliphatic carbocycles. The van der Waals surface area contributed by atoms with E-state index in [-0.39, 0.29) is 0 Å². The normalized spacial score (nSPS) is 14.5.